The fourth-order valence-electron chi connectivity index (χ4n) is 1.56. The van der Waals surface area contributed by atoms with Gasteiger partial charge < -0.3 is 10.4 Å². The highest BCUT2D eigenvalue weighted by molar-refractivity contribution is 5.97. The lowest BCUT2D eigenvalue weighted by atomic mass is 10.0. The molecule has 0 saturated carbocycles. The molecule has 0 aliphatic rings. The number of rotatable bonds is 4. The molecule has 0 aliphatic carbocycles. The lowest BCUT2D eigenvalue weighted by molar-refractivity contribution is -0.140. The maximum Gasteiger partial charge on any atom is 0.326 e. The first-order chi connectivity index (χ1) is 8.73. The highest BCUT2D eigenvalue weighted by atomic mass is 19.1. The van der Waals surface area contributed by atoms with Gasteiger partial charge >= 0.3 is 5.97 Å². The normalized spacial score (nSPS) is 12.3. The van der Waals surface area contributed by atoms with Gasteiger partial charge in [-0.15, -0.1) is 0 Å². The third-order valence-corrected chi connectivity index (χ3v) is 2.71. The number of hydrogen-bond acceptors (Lipinski definition) is 2. The van der Waals surface area contributed by atoms with Crippen LogP contribution in [0, 0.1) is 24.5 Å². The zero-order chi connectivity index (χ0) is 14.7. The Bertz CT molecular complexity index is 515. The summed E-state index contributed by atoms with van der Waals surface area (Å²) in [6.07, 6.45) is 0. The molecular weight excluding hydrogens is 256 g/mol. The summed E-state index contributed by atoms with van der Waals surface area (Å²) in [4.78, 5) is 22.8. The van der Waals surface area contributed by atoms with E-state index in [9.17, 15) is 18.4 Å². The number of aryl methyl sites for hydroxylation is 1. The van der Waals surface area contributed by atoms with Crippen LogP contribution in [0.5, 0.6) is 0 Å². The van der Waals surface area contributed by atoms with Crippen molar-refractivity contribution >= 4 is 11.9 Å². The van der Waals surface area contributed by atoms with Gasteiger partial charge in [-0.05, 0) is 24.5 Å². The van der Waals surface area contributed by atoms with Gasteiger partial charge in [0, 0.05) is 6.07 Å². The van der Waals surface area contributed by atoms with Gasteiger partial charge in [0.05, 0.1) is 5.56 Å². The zero-order valence-electron chi connectivity index (χ0n) is 10.8. The van der Waals surface area contributed by atoms with E-state index in [1.54, 1.807) is 13.8 Å². The second-order valence-electron chi connectivity index (χ2n) is 4.61. The largest absolute Gasteiger partial charge is 0.480 e. The van der Waals surface area contributed by atoms with Crippen molar-refractivity contribution in [2.45, 2.75) is 26.8 Å². The molecule has 1 atom stereocenters. The van der Waals surface area contributed by atoms with Crippen LogP contribution < -0.4 is 5.32 Å². The van der Waals surface area contributed by atoms with E-state index in [0.29, 0.717) is 6.07 Å². The van der Waals surface area contributed by atoms with E-state index >= 15 is 0 Å². The van der Waals surface area contributed by atoms with E-state index in [0.717, 1.165) is 6.07 Å². The minimum absolute atomic E-state index is 0.114. The summed E-state index contributed by atoms with van der Waals surface area (Å²) < 4.78 is 26.6. The maximum atomic E-state index is 13.5. The second kappa shape index (κ2) is 5.77. The molecule has 0 spiro atoms. The van der Waals surface area contributed by atoms with Crippen molar-refractivity contribution in [3.63, 3.8) is 0 Å². The molecule has 1 amide bonds. The SMILES string of the molecule is Cc1cc(C(=O)N[C@H](C(=O)O)C(C)C)c(F)cc1F. The van der Waals surface area contributed by atoms with Crippen LogP contribution in [0.4, 0.5) is 8.78 Å². The predicted molar refractivity (Wildman–Crippen MR) is 64.8 cm³/mol. The summed E-state index contributed by atoms with van der Waals surface area (Å²) in [5.41, 5.74) is -0.256. The van der Waals surface area contributed by atoms with Crippen LogP contribution in [0.3, 0.4) is 0 Å². The van der Waals surface area contributed by atoms with Gasteiger partial charge in [-0.2, -0.15) is 0 Å². The number of amides is 1. The number of carbonyl (C=O) groups is 2. The molecular formula is C13H15F2NO3. The number of carboxylic acids is 1. The Morgan fingerprint density at radius 1 is 1.21 bits per heavy atom. The first-order valence-corrected chi connectivity index (χ1v) is 5.73. The number of hydrogen-bond donors (Lipinski definition) is 2. The molecule has 1 aromatic carbocycles. The lowest BCUT2D eigenvalue weighted by Crippen LogP contribution is -2.44. The molecule has 19 heavy (non-hydrogen) atoms. The molecule has 0 bridgehead atoms. The monoisotopic (exact) mass is 271 g/mol. The topological polar surface area (TPSA) is 66.4 Å². The van der Waals surface area contributed by atoms with Crippen molar-refractivity contribution in [1.82, 2.24) is 5.32 Å². The van der Waals surface area contributed by atoms with E-state index in [2.05, 4.69) is 5.32 Å². The molecule has 0 unspecified atom stereocenters. The summed E-state index contributed by atoms with van der Waals surface area (Å²) >= 11 is 0. The smallest absolute Gasteiger partial charge is 0.326 e. The Hall–Kier alpha value is -1.98. The van der Waals surface area contributed by atoms with Crippen molar-refractivity contribution in [2.24, 2.45) is 5.92 Å². The first kappa shape index (κ1) is 15.1. The van der Waals surface area contributed by atoms with Gasteiger partial charge in [-0.3, -0.25) is 4.79 Å². The molecule has 0 aromatic heterocycles. The van der Waals surface area contributed by atoms with Gasteiger partial charge in [0.1, 0.15) is 17.7 Å². The van der Waals surface area contributed by atoms with Crippen LogP contribution in [0.15, 0.2) is 12.1 Å². The minimum Gasteiger partial charge on any atom is -0.480 e. The molecule has 0 aliphatic heterocycles. The average Bonchev–Trinajstić information content (AvgIpc) is 2.29. The van der Waals surface area contributed by atoms with Crippen LogP contribution in [0.1, 0.15) is 29.8 Å². The van der Waals surface area contributed by atoms with Gasteiger partial charge in [0.2, 0.25) is 0 Å². The van der Waals surface area contributed by atoms with Crippen LogP contribution >= 0.6 is 0 Å². The number of halogens is 2. The Labute approximate surface area is 109 Å². The Morgan fingerprint density at radius 2 is 1.79 bits per heavy atom. The number of carboxylic acid groups (broad SMARTS) is 1. The van der Waals surface area contributed by atoms with Crippen molar-refractivity contribution in [1.29, 1.82) is 0 Å². The average molecular weight is 271 g/mol. The van der Waals surface area contributed by atoms with Crippen LogP contribution in [0.25, 0.3) is 0 Å². The van der Waals surface area contributed by atoms with Gasteiger partial charge in [0.25, 0.3) is 5.91 Å². The fraction of sp³-hybridized carbons (Fsp3) is 0.385. The molecule has 104 valence electrons. The zero-order valence-corrected chi connectivity index (χ0v) is 10.8. The summed E-state index contributed by atoms with van der Waals surface area (Å²) in [6, 6.07) is 0.534. The molecule has 2 N–H and O–H groups in total. The van der Waals surface area contributed by atoms with Crippen LogP contribution in [-0.2, 0) is 4.79 Å². The number of carbonyl (C=O) groups excluding carboxylic acids is 1. The van der Waals surface area contributed by atoms with Crippen LogP contribution in [0.2, 0.25) is 0 Å². The van der Waals surface area contributed by atoms with E-state index in [1.165, 1.54) is 6.92 Å². The van der Waals surface area contributed by atoms with E-state index in [-0.39, 0.29) is 17.0 Å². The first-order valence-electron chi connectivity index (χ1n) is 5.73. The van der Waals surface area contributed by atoms with Crippen molar-refractivity contribution in [3.8, 4) is 0 Å². The van der Waals surface area contributed by atoms with Crippen molar-refractivity contribution in [3.05, 3.63) is 34.9 Å². The molecule has 4 nitrogen and oxygen atoms in total. The standard InChI is InChI=1S/C13H15F2NO3/c1-6(2)11(13(18)19)16-12(17)8-4-7(3)9(14)5-10(8)15/h4-6,11H,1-3H3,(H,16,17)(H,18,19)/t11-/m0/s1. The third-order valence-electron chi connectivity index (χ3n) is 2.71. The molecule has 0 radical (unpaired) electrons. The van der Waals surface area contributed by atoms with E-state index < -0.39 is 29.6 Å². The quantitative estimate of drug-likeness (QED) is 0.881. The summed E-state index contributed by atoms with van der Waals surface area (Å²) in [5.74, 6) is -4.21. The third kappa shape index (κ3) is 3.49. The molecule has 0 saturated heterocycles. The number of benzene rings is 1. The second-order valence-corrected chi connectivity index (χ2v) is 4.61. The Balaban J connectivity index is 3.01. The Morgan fingerprint density at radius 3 is 2.26 bits per heavy atom. The Kier molecular flexibility index (Phi) is 4.58. The van der Waals surface area contributed by atoms with Gasteiger partial charge in [-0.1, -0.05) is 13.8 Å². The fourth-order valence-corrected chi connectivity index (χ4v) is 1.56. The van der Waals surface area contributed by atoms with Gasteiger partial charge in [0.15, 0.2) is 0 Å². The summed E-state index contributed by atoms with van der Waals surface area (Å²) in [6.45, 7) is 4.62. The molecule has 0 fully saturated rings. The van der Waals surface area contributed by atoms with Crippen LogP contribution in [-0.4, -0.2) is 23.0 Å². The minimum atomic E-state index is -1.21. The molecule has 6 heteroatoms. The highest BCUT2D eigenvalue weighted by Gasteiger charge is 2.25. The van der Waals surface area contributed by atoms with Crippen molar-refractivity contribution < 1.29 is 23.5 Å². The molecule has 1 rings (SSSR count). The summed E-state index contributed by atoms with van der Waals surface area (Å²) in [5, 5.41) is 11.2. The van der Waals surface area contributed by atoms with Gasteiger partial charge in [-0.25, -0.2) is 13.6 Å². The predicted octanol–water partition coefficient (Wildman–Crippen LogP) is 2.11. The maximum absolute atomic E-state index is 13.5. The lowest BCUT2D eigenvalue weighted by Gasteiger charge is -2.18. The number of nitrogens with one attached hydrogen (secondary N) is 1. The van der Waals surface area contributed by atoms with Crippen molar-refractivity contribution in [2.75, 3.05) is 0 Å². The highest BCUT2D eigenvalue weighted by Crippen LogP contribution is 2.15. The van der Waals surface area contributed by atoms with E-state index in [1.807, 2.05) is 0 Å². The molecule has 0 heterocycles. The number of aliphatic carboxylic acids is 1. The van der Waals surface area contributed by atoms with E-state index in [4.69, 9.17) is 5.11 Å². The summed E-state index contributed by atoms with van der Waals surface area (Å²) in [7, 11) is 0. The molecule has 1 aromatic rings.